The van der Waals surface area contributed by atoms with Crippen LogP contribution in [0.5, 0.6) is 11.5 Å². The van der Waals surface area contributed by atoms with Gasteiger partial charge in [-0.15, -0.1) is 0 Å². The van der Waals surface area contributed by atoms with Crippen molar-refractivity contribution in [2.45, 2.75) is 52.1 Å². The number of nitrogens with one attached hydrogen (secondary N) is 1. The summed E-state index contributed by atoms with van der Waals surface area (Å²) in [5.74, 6) is 1.05. The first-order valence-corrected chi connectivity index (χ1v) is 12.0. The Morgan fingerprint density at radius 3 is 2.48 bits per heavy atom. The van der Waals surface area contributed by atoms with Crippen molar-refractivity contribution >= 4 is 35.0 Å². The molecule has 2 aromatic carbocycles. The van der Waals surface area contributed by atoms with E-state index in [1.807, 2.05) is 18.2 Å². The number of nitrogens with zero attached hydrogens (tertiary/aromatic N) is 1. The number of benzene rings is 2. The Morgan fingerprint density at radius 1 is 1.09 bits per heavy atom. The minimum absolute atomic E-state index is 0.154. The molecule has 0 bridgehead atoms. The molecule has 1 heterocycles. The largest absolute Gasteiger partial charge is 0.486 e. The molecular weight excluding hydrogens is 463 g/mol. The number of amides is 2. The maximum absolute atomic E-state index is 13.3. The van der Waals surface area contributed by atoms with Crippen LogP contribution in [0.2, 0.25) is 10.0 Å². The summed E-state index contributed by atoms with van der Waals surface area (Å²) in [7, 11) is 0. The Labute approximate surface area is 205 Å². The van der Waals surface area contributed by atoms with E-state index in [4.69, 9.17) is 32.7 Å². The summed E-state index contributed by atoms with van der Waals surface area (Å²) in [6.07, 6.45) is 2.59. The first-order valence-electron chi connectivity index (χ1n) is 11.3. The molecular formula is C25H30Cl2N2O4. The Hall–Kier alpha value is -2.44. The fourth-order valence-corrected chi connectivity index (χ4v) is 4.13. The van der Waals surface area contributed by atoms with Crippen LogP contribution in [0.3, 0.4) is 0 Å². The van der Waals surface area contributed by atoms with Crippen molar-refractivity contribution in [3.05, 3.63) is 57.6 Å². The molecule has 1 N–H and O–H groups in total. The molecule has 0 unspecified atom stereocenters. The summed E-state index contributed by atoms with van der Waals surface area (Å²) in [5, 5.41) is 3.84. The number of hydrogen-bond donors (Lipinski definition) is 1. The van der Waals surface area contributed by atoms with Crippen molar-refractivity contribution < 1.29 is 19.1 Å². The van der Waals surface area contributed by atoms with Gasteiger partial charge in [0.25, 0.3) is 0 Å². The van der Waals surface area contributed by atoms with Crippen molar-refractivity contribution in [3.63, 3.8) is 0 Å². The molecule has 0 saturated carbocycles. The zero-order valence-corrected chi connectivity index (χ0v) is 20.5. The lowest BCUT2D eigenvalue weighted by molar-refractivity contribution is -0.140. The van der Waals surface area contributed by atoms with Gasteiger partial charge in [0.15, 0.2) is 11.5 Å². The van der Waals surface area contributed by atoms with E-state index >= 15 is 0 Å². The lowest BCUT2D eigenvalue weighted by atomic mass is 10.1. The smallest absolute Gasteiger partial charge is 0.242 e. The maximum Gasteiger partial charge on any atom is 0.242 e. The highest BCUT2D eigenvalue weighted by molar-refractivity contribution is 6.36. The first-order chi connectivity index (χ1) is 15.9. The van der Waals surface area contributed by atoms with Crippen LogP contribution in [0, 0.1) is 0 Å². The SMILES string of the molecule is CCCCNC(=O)[C@H](C)N(Cc1c(Cl)cccc1Cl)C(=O)CCc1ccc2c(c1)OCCO2. The van der Waals surface area contributed by atoms with Crippen molar-refractivity contribution in [2.24, 2.45) is 0 Å². The first kappa shape index (κ1) is 25.2. The topological polar surface area (TPSA) is 67.9 Å². The highest BCUT2D eigenvalue weighted by Crippen LogP contribution is 2.31. The van der Waals surface area contributed by atoms with Gasteiger partial charge in [0.1, 0.15) is 19.3 Å². The maximum atomic E-state index is 13.3. The molecule has 1 aliphatic heterocycles. The molecule has 1 aliphatic rings. The summed E-state index contributed by atoms with van der Waals surface area (Å²) in [4.78, 5) is 27.6. The number of carbonyl (C=O) groups excluding carboxylic acids is 2. The van der Waals surface area contributed by atoms with Crippen LogP contribution < -0.4 is 14.8 Å². The zero-order valence-electron chi connectivity index (χ0n) is 19.0. The van der Waals surface area contributed by atoms with Gasteiger partial charge in [-0.2, -0.15) is 0 Å². The van der Waals surface area contributed by atoms with E-state index in [9.17, 15) is 9.59 Å². The highest BCUT2D eigenvalue weighted by atomic mass is 35.5. The van der Waals surface area contributed by atoms with Crippen LogP contribution in [0.4, 0.5) is 0 Å². The summed E-state index contributed by atoms with van der Waals surface area (Å²) in [5.41, 5.74) is 1.59. The molecule has 2 amide bonds. The minimum Gasteiger partial charge on any atom is -0.486 e. The fourth-order valence-electron chi connectivity index (χ4n) is 3.61. The van der Waals surface area contributed by atoms with Gasteiger partial charge in [0, 0.05) is 35.1 Å². The van der Waals surface area contributed by atoms with Crippen LogP contribution in [0.15, 0.2) is 36.4 Å². The predicted molar refractivity (Wildman–Crippen MR) is 130 cm³/mol. The lowest BCUT2D eigenvalue weighted by Gasteiger charge is -2.29. The normalized spacial score (nSPS) is 13.3. The molecule has 0 radical (unpaired) electrons. The van der Waals surface area contributed by atoms with Gasteiger partial charge in [-0.25, -0.2) is 0 Å². The van der Waals surface area contributed by atoms with Crippen molar-refractivity contribution in [3.8, 4) is 11.5 Å². The van der Waals surface area contributed by atoms with E-state index in [1.54, 1.807) is 30.0 Å². The van der Waals surface area contributed by atoms with Gasteiger partial charge in [0.2, 0.25) is 11.8 Å². The number of rotatable bonds is 10. The molecule has 6 nitrogen and oxygen atoms in total. The Kier molecular flexibility index (Phi) is 9.27. The summed E-state index contributed by atoms with van der Waals surface area (Å²) < 4.78 is 11.2. The molecule has 0 saturated heterocycles. The van der Waals surface area contributed by atoms with Gasteiger partial charge in [-0.05, 0) is 49.6 Å². The van der Waals surface area contributed by atoms with Crippen molar-refractivity contribution in [1.82, 2.24) is 10.2 Å². The monoisotopic (exact) mass is 492 g/mol. The van der Waals surface area contributed by atoms with Gasteiger partial charge in [-0.1, -0.05) is 48.7 Å². The number of carbonyl (C=O) groups is 2. The highest BCUT2D eigenvalue weighted by Gasteiger charge is 2.27. The molecule has 33 heavy (non-hydrogen) atoms. The molecule has 8 heteroatoms. The number of hydrogen-bond acceptors (Lipinski definition) is 4. The van der Waals surface area contributed by atoms with E-state index in [2.05, 4.69) is 12.2 Å². The van der Waals surface area contributed by atoms with Crippen molar-refractivity contribution in [2.75, 3.05) is 19.8 Å². The summed E-state index contributed by atoms with van der Waals surface area (Å²) in [6, 6.07) is 10.2. The quantitative estimate of drug-likeness (QED) is 0.472. The number of ether oxygens (including phenoxy) is 2. The second-order valence-electron chi connectivity index (χ2n) is 8.02. The summed E-state index contributed by atoms with van der Waals surface area (Å²) in [6.45, 7) is 5.55. The van der Waals surface area contributed by atoms with E-state index < -0.39 is 6.04 Å². The van der Waals surface area contributed by atoms with Crippen molar-refractivity contribution in [1.29, 1.82) is 0 Å². The Bertz CT molecular complexity index is 963. The third kappa shape index (κ3) is 6.78. The minimum atomic E-state index is -0.665. The van der Waals surface area contributed by atoms with Crippen LogP contribution in [0.1, 0.15) is 44.2 Å². The standard InChI is InChI=1S/C25H30Cl2N2O4/c1-3-4-12-28-25(31)17(2)29(16-19-20(26)6-5-7-21(19)27)24(30)11-9-18-8-10-22-23(15-18)33-14-13-32-22/h5-8,10,15,17H,3-4,9,11-14,16H2,1-2H3,(H,28,31)/t17-/m0/s1. The number of aryl methyl sites for hydroxylation is 1. The average molecular weight is 493 g/mol. The molecule has 2 aromatic rings. The molecule has 0 spiro atoms. The average Bonchev–Trinajstić information content (AvgIpc) is 2.82. The second kappa shape index (κ2) is 12.1. The molecule has 0 fully saturated rings. The van der Waals surface area contributed by atoms with Gasteiger partial charge in [-0.3, -0.25) is 9.59 Å². The Morgan fingerprint density at radius 2 is 1.79 bits per heavy atom. The Balaban J connectivity index is 1.74. The molecule has 1 atom stereocenters. The van der Waals surface area contributed by atoms with E-state index in [1.165, 1.54) is 0 Å². The molecule has 0 aromatic heterocycles. The molecule has 3 rings (SSSR count). The third-order valence-electron chi connectivity index (χ3n) is 5.62. The molecule has 0 aliphatic carbocycles. The third-order valence-corrected chi connectivity index (χ3v) is 6.33. The zero-order chi connectivity index (χ0) is 23.8. The van der Waals surface area contributed by atoms with Crippen LogP contribution >= 0.6 is 23.2 Å². The van der Waals surface area contributed by atoms with E-state index in [-0.39, 0.29) is 24.8 Å². The fraction of sp³-hybridized carbons (Fsp3) is 0.440. The molecule has 178 valence electrons. The number of halogens is 2. The van der Waals surface area contributed by atoms with Crippen LogP contribution in [0.25, 0.3) is 0 Å². The van der Waals surface area contributed by atoms with Crippen LogP contribution in [-0.2, 0) is 22.6 Å². The van der Waals surface area contributed by atoms with E-state index in [0.717, 1.165) is 18.4 Å². The van der Waals surface area contributed by atoms with Crippen LogP contribution in [-0.4, -0.2) is 42.5 Å². The lowest BCUT2D eigenvalue weighted by Crippen LogP contribution is -2.48. The number of fused-ring (bicyclic) bond motifs is 1. The number of unbranched alkanes of at least 4 members (excludes halogenated alkanes) is 1. The van der Waals surface area contributed by atoms with Gasteiger partial charge < -0.3 is 19.7 Å². The van der Waals surface area contributed by atoms with Gasteiger partial charge >= 0.3 is 0 Å². The second-order valence-corrected chi connectivity index (χ2v) is 8.83. The van der Waals surface area contributed by atoms with E-state index in [0.29, 0.717) is 53.3 Å². The van der Waals surface area contributed by atoms with Gasteiger partial charge in [0.05, 0.1) is 0 Å². The summed E-state index contributed by atoms with van der Waals surface area (Å²) >= 11 is 12.7. The predicted octanol–water partition coefficient (Wildman–Crippen LogP) is 5.03.